The first-order valence-corrected chi connectivity index (χ1v) is 10.3. The number of benzene rings is 2. The molecule has 2 heterocycles. The third kappa shape index (κ3) is 3.12. The van der Waals surface area contributed by atoms with Gasteiger partial charge in [-0.2, -0.15) is 0 Å². The van der Waals surface area contributed by atoms with Crippen molar-refractivity contribution in [3.63, 3.8) is 0 Å². The Bertz CT molecular complexity index is 1020. The van der Waals surface area contributed by atoms with Crippen molar-refractivity contribution in [3.8, 4) is 11.5 Å². The molecule has 0 bridgehead atoms. The van der Waals surface area contributed by atoms with E-state index in [4.69, 9.17) is 9.47 Å². The number of hydrogen-bond acceptors (Lipinski definition) is 4. The van der Waals surface area contributed by atoms with E-state index in [0.29, 0.717) is 6.54 Å². The van der Waals surface area contributed by atoms with Crippen molar-refractivity contribution in [1.82, 2.24) is 14.9 Å². The molecule has 1 aliphatic carbocycles. The fourth-order valence-electron chi connectivity index (χ4n) is 4.72. The van der Waals surface area contributed by atoms with E-state index in [1.165, 1.54) is 6.42 Å². The summed E-state index contributed by atoms with van der Waals surface area (Å²) in [5, 5.41) is 0. The van der Waals surface area contributed by atoms with E-state index in [9.17, 15) is 4.79 Å². The van der Waals surface area contributed by atoms with Crippen molar-refractivity contribution in [1.29, 1.82) is 0 Å². The molecule has 0 saturated heterocycles. The van der Waals surface area contributed by atoms with Crippen LogP contribution in [0.2, 0.25) is 0 Å². The van der Waals surface area contributed by atoms with Crippen LogP contribution in [0.3, 0.4) is 0 Å². The molecular formula is C23H25N3O3. The molecule has 1 fully saturated rings. The van der Waals surface area contributed by atoms with Gasteiger partial charge in [-0.05, 0) is 42.7 Å². The van der Waals surface area contributed by atoms with E-state index in [2.05, 4.69) is 9.97 Å². The molecule has 150 valence electrons. The molecule has 1 aliphatic heterocycles. The highest BCUT2D eigenvalue weighted by atomic mass is 16.7. The molecule has 5 rings (SSSR count). The van der Waals surface area contributed by atoms with Gasteiger partial charge in [-0.3, -0.25) is 4.79 Å². The predicted octanol–water partition coefficient (Wildman–Crippen LogP) is 4.15. The molecule has 1 aromatic heterocycles. The van der Waals surface area contributed by atoms with Crippen LogP contribution in [0, 0.1) is 0 Å². The van der Waals surface area contributed by atoms with E-state index in [0.717, 1.165) is 59.6 Å². The largest absolute Gasteiger partial charge is 0.454 e. The first-order valence-electron chi connectivity index (χ1n) is 10.3. The molecule has 1 N–H and O–H groups in total. The molecule has 2 aliphatic rings. The summed E-state index contributed by atoms with van der Waals surface area (Å²) >= 11 is 0. The first kappa shape index (κ1) is 18.0. The number of para-hydroxylation sites is 2. The van der Waals surface area contributed by atoms with Crippen LogP contribution in [0.25, 0.3) is 11.0 Å². The molecule has 1 saturated carbocycles. The van der Waals surface area contributed by atoms with Crippen molar-refractivity contribution in [3.05, 3.63) is 53.9 Å². The van der Waals surface area contributed by atoms with E-state index < -0.39 is 5.41 Å². The SMILES string of the molecule is CN(Cc1nc2ccccc2[nH]1)C(=O)C1(c2ccc3c(c2)OCO3)CCCCC1. The minimum absolute atomic E-state index is 0.150. The predicted molar refractivity (Wildman–Crippen MR) is 110 cm³/mol. The third-order valence-corrected chi connectivity index (χ3v) is 6.21. The van der Waals surface area contributed by atoms with E-state index in [1.54, 1.807) is 0 Å². The lowest BCUT2D eigenvalue weighted by atomic mass is 9.68. The third-order valence-electron chi connectivity index (χ3n) is 6.21. The van der Waals surface area contributed by atoms with Gasteiger partial charge in [-0.1, -0.05) is 37.5 Å². The summed E-state index contributed by atoms with van der Waals surface area (Å²) in [4.78, 5) is 23.5. The van der Waals surface area contributed by atoms with E-state index >= 15 is 0 Å². The van der Waals surface area contributed by atoms with Gasteiger partial charge in [0.1, 0.15) is 5.82 Å². The number of ether oxygens (including phenoxy) is 2. The van der Waals surface area contributed by atoms with Gasteiger partial charge in [0.25, 0.3) is 0 Å². The van der Waals surface area contributed by atoms with Crippen molar-refractivity contribution in [2.75, 3.05) is 13.8 Å². The molecule has 0 spiro atoms. The van der Waals surface area contributed by atoms with Gasteiger partial charge in [-0.15, -0.1) is 0 Å². The maximum atomic E-state index is 13.8. The summed E-state index contributed by atoms with van der Waals surface area (Å²) < 4.78 is 11.0. The quantitative estimate of drug-likeness (QED) is 0.725. The molecular weight excluding hydrogens is 366 g/mol. The standard InChI is InChI=1S/C23H25N3O3/c1-26(14-21-24-17-7-3-4-8-18(17)25-21)22(27)23(11-5-2-6-12-23)16-9-10-19-20(13-16)29-15-28-19/h3-4,7-10,13H,2,5-6,11-12,14-15H2,1H3,(H,24,25). The van der Waals surface area contributed by atoms with Gasteiger partial charge in [0.2, 0.25) is 12.7 Å². The minimum atomic E-state index is -0.514. The number of aromatic amines is 1. The normalized spacial score (nSPS) is 17.4. The van der Waals surface area contributed by atoms with Crippen LogP contribution >= 0.6 is 0 Å². The highest BCUT2D eigenvalue weighted by Crippen LogP contribution is 2.44. The Morgan fingerprint density at radius 3 is 2.72 bits per heavy atom. The van der Waals surface area contributed by atoms with Crippen molar-refractivity contribution in [2.24, 2.45) is 0 Å². The second-order valence-electron chi connectivity index (χ2n) is 8.07. The monoisotopic (exact) mass is 391 g/mol. The molecule has 0 unspecified atom stereocenters. The number of nitrogens with one attached hydrogen (secondary N) is 1. The van der Waals surface area contributed by atoms with Crippen LogP contribution in [0.5, 0.6) is 11.5 Å². The van der Waals surface area contributed by atoms with Crippen LogP contribution in [0.1, 0.15) is 43.5 Å². The summed E-state index contributed by atoms with van der Waals surface area (Å²) in [6.07, 6.45) is 5.00. The number of nitrogens with zero attached hydrogens (tertiary/aromatic N) is 2. The van der Waals surface area contributed by atoms with Crippen molar-refractivity contribution >= 4 is 16.9 Å². The minimum Gasteiger partial charge on any atom is -0.454 e. The molecule has 1 amide bonds. The second-order valence-corrected chi connectivity index (χ2v) is 8.07. The fourth-order valence-corrected chi connectivity index (χ4v) is 4.72. The van der Waals surface area contributed by atoms with Gasteiger partial charge in [0.05, 0.1) is 23.0 Å². The lowest BCUT2D eigenvalue weighted by Gasteiger charge is -2.39. The Morgan fingerprint density at radius 2 is 1.90 bits per heavy atom. The number of imidazole rings is 1. The van der Waals surface area contributed by atoms with Crippen LogP contribution < -0.4 is 9.47 Å². The number of H-pyrrole nitrogens is 1. The zero-order chi connectivity index (χ0) is 19.8. The van der Waals surface area contributed by atoms with Crippen LogP contribution in [0.4, 0.5) is 0 Å². The Balaban J connectivity index is 1.44. The highest BCUT2D eigenvalue weighted by Gasteiger charge is 2.43. The lowest BCUT2D eigenvalue weighted by molar-refractivity contribution is -0.138. The number of carbonyl (C=O) groups excluding carboxylic acids is 1. The van der Waals surface area contributed by atoms with Crippen LogP contribution in [-0.2, 0) is 16.8 Å². The molecule has 0 atom stereocenters. The first-order chi connectivity index (χ1) is 14.2. The number of rotatable bonds is 4. The topological polar surface area (TPSA) is 67.5 Å². The summed E-state index contributed by atoms with van der Waals surface area (Å²) in [5.41, 5.74) is 2.43. The Hall–Kier alpha value is -3.02. The van der Waals surface area contributed by atoms with Gasteiger partial charge in [0.15, 0.2) is 11.5 Å². The second kappa shape index (κ2) is 7.10. The summed E-state index contributed by atoms with van der Waals surface area (Å²) in [7, 11) is 1.87. The average molecular weight is 391 g/mol. The number of carbonyl (C=O) groups is 1. The van der Waals surface area contributed by atoms with E-state index in [-0.39, 0.29) is 12.7 Å². The molecule has 3 aromatic rings. The van der Waals surface area contributed by atoms with Gasteiger partial charge >= 0.3 is 0 Å². The maximum Gasteiger partial charge on any atom is 0.233 e. The zero-order valence-corrected chi connectivity index (χ0v) is 16.6. The van der Waals surface area contributed by atoms with Crippen LogP contribution in [0.15, 0.2) is 42.5 Å². The van der Waals surface area contributed by atoms with Gasteiger partial charge < -0.3 is 19.4 Å². The van der Waals surface area contributed by atoms with Gasteiger partial charge in [0, 0.05) is 7.05 Å². The smallest absolute Gasteiger partial charge is 0.233 e. The molecule has 2 aromatic carbocycles. The fraction of sp³-hybridized carbons (Fsp3) is 0.391. The zero-order valence-electron chi connectivity index (χ0n) is 16.6. The average Bonchev–Trinajstić information content (AvgIpc) is 3.39. The number of aromatic nitrogens is 2. The van der Waals surface area contributed by atoms with Gasteiger partial charge in [-0.25, -0.2) is 4.98 Å². The number of fused-ring (bicyclic) bond motifs is 2. The Kier molecular flexibility index (Phi) is 4.42. The highest BCUT2D eigenvalue weighted by molar-refractivity contribution is 5.88. The summed E-state index contributed by atoms with van der Waals surface area (Å²) in [6, 6.07) is 13.9. The lowest BCUT2D eigenvalue weighted by Crippen LogP contribution is -2.46. The summed E-state index contributed by atoms with van der Waals surface area (Å²) in [5.74, 6) is 2.44. The molecule has 6 heteroatoms. The van der Waals surface area contributed by atoms with E-state index in [1.807, 2.05) is 54.4 Å². The Morgan fingerprint density at radius 1 is 1.10 bits per heavy atom. The molecule has 29 heavy (non-hydrogen) atoms. The number of hydrogen-bond donors (Lipinski definition) is 1. The van der Waals surface area contributed by atoms with Crippen molar-refractivity contribution in [2.45, 2.75) is 44.1 Å². The van der Waals surface area contributed by atoms with Crippen molar-refractivity contribution < 1.29 is 14.3 Å². The Labute approximate surface area is 169 Å². The molecule has 6 nitrogen and oxygen atoms in total. The number of amides is 1. The maximum absolute atomic E-state index is 13.8. The molecule has 0 radical (unpaired) electrons. The number of likely N-dealkylation sites (N-methyl/N-ethyl adjacent to an activating group) is 1. The summed E-state index contributed by atoms with van der Waals surface area (Å²) in [6.45, 7) is 0.700. The van der Waals surface area contributed by atoms with Crippen LogP contribution in [-0.4, -0.2) is 34.6 Å².